The molecule has 0 amide bonds. The molecule has 0 aliphatic carbocycles. The second-order valence-electron chi connectivity index (χ2n) is 3.80. The predicted octanol–water partition coefficient (Wildman–Crippen LogP) is 3.02. The first-order valence-electron chi connectivity index (χ1n) is 5.67. The highest BCUT2D eigenvalue weighted by molar-refractivity contribution is 5.67. The molecule has 0 aromatic heterocycles. The quantitative estimate of drug-likeness (QED) is 0.582. The van der Waals surface area contributed by atoms with Gasteiger partial charge >= 0.3 is 5.69 Å². The van der Waals surface area contributed by atoms with E-state index in [1.165, 1.54) is 25.3 Å². The minimum absolute atomic E-state index is 0.0566. The van der Waals surface area contributed by atoms with E-state index in [1.807, 2.05) is 0 Å². The molecule has 0 fully saturated rings. The largest absolute Gasteiger partial charge is 0.490 e. The van der Waals surface area contributed by atoms with Crippen molar-refractivity contribution >= 4 is 11.8 Å². The highest BCUT2D eigenvalue weighted by Crippen LogP contribution is 2.32. The fourth-order valence-electron chi connectivity index (χ4n) is 1.67. The molecule has 1 rings (SSSR count). The van der Waals surface area contributed by atoms with Gasteiger partial charge in [-0.3, -0.25) is 20.2 Å². The van der Waals surface area contributed by atoms with Crippen LogP contribution < -0.4 is 4.74 Å². The number of nitro groups is 2. The second-order valence-corrected chi connectivity index (χ2v) is 3.80. The summed E-state index contributed by atoms with van der Waals surface area (Å²) in [6.45, 7) is 1.80. The van der Waals surface area contributed by atoms with Crippen LogP contribution in [0.5, 0.6) is 5.75 Å². The average molecular weight is 266 g/mol. The molecule has 0 atom stereocenters. The smallest absolute Gasteiger partial charge is 0.318 e. The Bertz CT molecular complexity index is 525. The van der Waals surface area contributed by atoms with Crippen LogP contribution >= 0.6 is 0 Å². The Morgan fingerprint density at radius 1 is 1.37 bits per heavy atom. The van der Waals surface area contributed by atoms with Crippen LogP contribution in [-0.4, -0.2) is 17.0 Å². The summed E-state index contributed by atoms with van der Waals surface area (Å²) in [5.74, 6) is 0.0814. The molecule has 1 aromatic carbocycles. The molecular formula is C12H14N2O5. The van der Waals surface area contributed by atoms with E-state index in [4.69, 9.17) is 4.74 Å². The van der Waals surface area contributed by atoms with E-state index in [1.54, 1.807) is 13.0 Å². The van der Waals surface area contributed by atoms with Gasteiger partial charge in [-0.1, -0.05) is 13.0 Å². The Balaban J connectivity index is 3.37. The normalized spacial score (nSPS) is 11.2. The van der Waals surface area contributed by atoms with Crippen molar-refractivity contribution in [1.82, 2.24) is 0 Å². The van der Waals surface area contributed by atoms with Crippen molar-refractivity contribution in [3.8, 4) is 5.75 Å². The maximum atomic E-state index is 11.0. The summed E-state index contributed by atoms with van der Waals surface area (Å²) >= 11 is 0. The number of methoxy groups -OCH3 is 1. The minimum atomic E-state index is -0.603. The van der Waals surface area contributed by atoms with Gasteiger partial charge in [0.15, 0.2) is 5.75 Å². The van der Waals surface area contributed by atoms with E-state index in [9.17, 15) is 20.2 Å². The zero-order chi connectivity index (χ0) is 14.4. The molecule has 0 N–H and O–H groups in total. The summed E-state index contributed by atoms with van der Waals surface area (Å²) in [6.07, 6.45) is 2.07. The van der Waals surface area contributed by atoms with Crippen molar-refractivity contribution in [2.45, 2.75) is 19.8 Å². The lowest BCUT2D eigenvalue weighted by Gasteiger charge is -2.04. The minimum Gasteiger partial charge on any atom is -0.490 e. The molecule has 0 unspecified atom stereocenters. The molecule has 0 saturated carbocycles. The Morgan fingerprint density at radius 2 is 2.05 bits per heavy atom. The van der Waals surface area contributed by atoms with Crippen molar-refractivity contribution in [1.29, 1.82) is 0 Å². The fourth-order valence-corrected chi connectivity index (χ4v) is 1.67. The predicted molar refractivity (Wildman–Crippen MR) is 69.5 cm³/mol. The van der Waals surface area contributed by atoms with Crippen molar-refractivity contribution in [2.75, 3.05) is 7.11 Å². The molecule has 0 aliphatic heterocycles. The highest BCUT2D eigenvalue weighted by Gasteiger charge is 2.21. The summed E-state index contributed by atoms with van der Waals surface area (Å²) < 4.78 is 4.91. The summed E-state index contributed by atoms with van der Waals surface area (Å²) in [6, 6.07) is 4.46. The number of benzene rings is 1. The van der Waals surface area contributed by atoms with E-state index < -0.39 is 9.85 Å². The standard InChI is InChI=1S/C12H14N2O5/c1-3-5-10(13(15)16)8-9-6-4-7-11(19-2)12(9)14(17)18/h4,6-8H,3,5H2,1-2H3/b10-8-. The number of nitrogens with zero attached hydrogens (tertiary/aromatic N) is 2. The third-order valence-electron chi connectivity index (χ3n) is 2.50. The lowest BCUT2D eigenvalue weighted by Crippen LogP contribution is -2.00. The molecule has 7 nitrogen and oxygen atoms in total. The number of nitro benzene ring substituents is 1. The Labute approximate surface area is 109 Å². The van der Waals surface area contributed by atoms with Crippen LogP contribution in [0.3, 0.4) is 0 Å². The van der Waals surface area contributed by atoms with Gasteiger partial charge in [0.25, 0.3) is 0 Å². The molecule has 19 heavy (non-hydrogen) atoms. The Morgan fingerprint density at radius 3 is 2.53 bits per heavy atom. The van der Waals surface area contributed by atoms with E-state index in [-0.39, 0.29) is 29.1 Å². The van der Waals surface area contributed by atoms with E-state index >= 15 is 0 Å². The number of para-hydroxylation sites is 1. The Kier molecular flexibility index (Phi) is 4.99. The second kappa shape index (κ2) is 6.48. The van der Waals surface area contributed by atoms with Gasteiger partial charge in [0, 0.05) is 12.5 Å². The highest BCUT2D eigenvalue weighted by atomic mass is 16.6. The first-order chi connectivity index (χ1) is 9.01. The first-order valence-corrected chi connectivity index (χ1v) is 5.67. The molecule has 0 heterocycles. The van der Waals surface area contributed by atoms with E-state index in [0.29, 0.717) is 6.42 Å². The number of rotatable bonds is 6. The van der Waals surface area contributed by atoms with Crippen molar-refractivity contribution in [2.24, 2.45) is 0 Å². The third kappa shape index (κ3) is 3.51. The molecule has 102 valence electrons. The molecule has 0 saturated heterocycles. The summed E-state index contributed by atoms with van der Waals surface area (Å²) in [5.41, 5.74) is -0.149. The van der Waals surface area contributed by atoms with Gasteiger partial charge in [-0.15, -0.1) is 0 Å². The molecule has 7 heteroatoms. The maximum Gasteiger partial charge on any atom is 0.318 e. The number of allylic oxidation sites excluding steroid dienone is 1. The van der Waals surface area contributed by atoms with Gasteiger partial charge < -0.3 is 4.74 Å². The number of hydrogen-bond donors (Lipinski definition) is 0. The Hall–Kier alpha value is -2.44. The van der Waals surface area contributed by atoms with Gasteiger partial charge in [-0.05, 0) is 18.6 Å². The van der Waals surface area contributed by atoms with Crippen LogP contribution in [0.4, 0.5) is 5.69 Å². The first kappa shape index (κ1) is 14.6. The zero-order valence-corrected chi connectivity index (χ0v) is 10.7. The van der Waals surface area contributed by atoms with Crippen molar-refractivity contribution in [3.05, 3.63) is 49.7 Å². The van der Waals surface area contributed by atoms with Gasteiger partial charge in [0.2, 0.25) is 5.70 Å². The number of hydrogen-bond acceptors (Lipinski definition) is 5. The monoisotopic (exact) mass is 266 g/mol. The summed E-state index contributed by atoms with van der Waals surface area (Å²) in [7, 11) is 1.32. The average Bonchev–Trinajstić information content (AvgIpc) is 2.37. The van der Waals surface area contributed by atoms with Crippen LogP contribution in [0.2, 0.25) is 0 Å². The van der Waals surface area contributed by atoms with Gasteiger partial charge in [0.1, 0.15) is 0 Å². The van der Waals surface area contributed by atoms with Gasteiger partial charge in [-0.25, -0.2) is 0 Å². The zero-order valence-electron chi connectivity index (χ0n) is 10.7. The van der Waals surface area contributed by atoms with Crippen molar-refractivity contribution in [3.63, 3.8) is 0 Å². The summed E-state index contributed by atoms with van der Waals surface area (Å²) in [5, 5.41) is 21.9. The molecular weight excluding hydrogens is 252 g/mol. The van der Waals surface area contributed by atoms with Crippen LogP contribution in [0.25, 0.3) is 6.08 Å². The lowest BCUT2D eigenvalue weighted by molar-refractivity contribution is -0.426. The SMILES string of the molecule is CCC/C(=C/c1cccc(OC)c1[N+](=O)[O-])[N+](=O)[O-]. The van der Waals surface area contributed by atoms with Gasteiger partial charge in [0.05, 0.1) is 22.5 Å². The van der Waals surface area contributed by atoms with E-state index in [0.717, 1.165) is 0 Å². The molecule has 0 radical (unpaired) electrons. The van der Waals surface area contributed by atoms with Crippen LogP contribution in [0, 0.1) is 20.2 Å². The molecule has 1 aromatic rings. The third-order valence-corrected chi connectivity index (χ3v) is 2.50. The maximum absolute atomic E-state index is 11.0. The van der Waals surface area contributed by atoms with Crippen LogP contribution in [0.15, 0.2) is 23.9 Å². The fraction of sp³-hybridized carbons (Fsp3) is 0.333. The summed E-state index contributed by atoms with van der Waals surface area (Å²) in [4.78, 5) is 20.8. The molecule has 0 spiro atoms. The van der Waals surface area contributed by atoms with Crippen molar-refractivity contribution < 1.29 is 14.6 Å². The molecule has 0 aliphatic rings. The lowest BCUT2D eigenvalue weighted by atomic mass is 10.1. The topological polar surface area (TPSA) is 95.5 Å². The van der Waals surface area contributed by atoms with Crippen LogP contribution in [0.1, 0.15) is 25.3 Å². The number of ether oxygens (including phenoxy) is 1. The van der Waals surface area contributed by atoms with Crippen LogP contribution in [-0.2, 0) is 0 Å². The van der Waals surface area contributed by atoms with E-state index in [2.05, 4.69) is 0 Å². The molecule has 0 bridgehead atoms. The van der Waals surface area contributed by atoms with Gasteiger partial charge in [-0.2, -0.15) is 0 Å².